The Balaban J connectivity index is 1.63. The predicted octanol–water partition coefficient (Wildman–Crippen LogP) is 4.18. The molecule has 1 amide bonds. The Morgan fingerprint density at radius 1 is 1.00 bits per heavy atom. The van der Waals surface area contributed by atoms with Crippen LogP contribution in [-0.4, -0.2) is 44.9 Å². The molecule has 2 N–H and O–H groups in total. The lowest BCUT2D eigenvalue weighted by Crippen LogP contribution is -2.24. The van der Waals surface area contributed by atoms with Gasteiger partial charge in [-0.15, -0.1) is 0 Å². The number of carbonyl (C=O) groups excluding carboxylic acids is 1. The van der Waals surface area contributed by atoms with Crippen molar-refractivity contribution in [2.45, 2.75) is 18.9 Å². The molecular weight excluding hydrogens is 482 g/mol. The first-order valence-corrected chi connectivity index (χ1v) is 12.9. The van der Waals surface area contributed by atoms with Gasteiger partial charge >= 0.3 is 16.1 Å². The van der Waals surface area contributed by atoms with Gasteiger partial charge in [0.15, 0.2) is 6.10 Å². The number of hydrogen-bond donors (Lipinski definition) is 2. The lowest BCUT2D eigenvalue weighted by atomic mass is 10.0. The van der Waals surface area contributed by atoms with Crippen LogP contribution in [0.5, 0.6) is 5.75 Å². The number of amides is 1. The number of aliphatic carboxylic acids is 1. The van der Waals surface area contributed by atoms with E-state index in [1.54, 1.807) is 60.7 Å². The Bertz CT molecular complexity index is 1330. The lowest BCUT2D eigenvalue weighted by molar-refractivity contribution is -0.148. The van der Waals surface area contributed by atoms with Gasteiger partial charge in [0.25, 0.3) is 5.91 Å². The molecule has 9 heteroatoms. The first-order valence-electron chi connectivity index (χ1n) is 11.0. The van der Waals surface area contributed by atoms with E-state index in [1.165, 1.54) is 7.11 Å². The quantitative estimate of drug-likeness (QED) is 0.372. The second kappa shape index (κ2) is 12.1. The molecular formula is C27H27NO7S. The van der Waals surface area contributed by atoms with Crippen LogP contribution in [0.1, 0.15) is 27.0 Å². The van der Waals surface area contributed by atoms with Gasteiger partial charge in [0.05, 0.1) is 6.26 Å². The van der Waals surface area contributed by atoms with Crippen LogP contribution in [-0.2, 0) is 32.5 Å². The van der Waals surface area contributed by atoms with Crippen molar-refractivity contribution in [2.24, 2.45) is 0 Å². The van der Waals surface area contributed by atoms with E-state index in [-0.39, 0.29) is 18.1 Å². The lowest BCUT2D eigenvalue weighted by Gasteiger charge is -2.12. The van der Waals surface area contributed by atoms with Gasteiger partial charge in [-0.1, -0.05) is 54.6 Å². The molecule has 188 valence electrons. The molecule has 0 saturated carbocycles. The number of carbonyl (C=O) groups is 2. The second-order valence-electron chi connectivity index (χ2n) is 8.04. The summed E-state index contributed by atoms with van der Waals surface area (Å²) in [5, 5.41) is 12.0. The average Bonchev–Trinajstić information content (AvgIpc) is 2.84. The van der Waals surface area contributed by atoms with E-state index in [9.17, 15) is 18.0 Å². The predicted molar refractivity (Wildman–Crippen MR) is 138 cm³/mol. The third-order valence-electron chi connectivity index (χ3n) is 5.23. The molecule has 0 spiro atoms. The number of hydrogen-bond acceptors (Lipinski definition) is 6. The molecule has 3 rings (SSSR count). The molecule has 0 aromatic heterocycles. The molecule has 0 aliphatic rings. The summed E-state index contributed by atoms with van der Waals surface area (Å²) in [6.45, 7) is 0. The highest BCUT2D eigenvalue weighted by molar-refractivity contribution is 7.86. The number of carboxylic acid groups (broad SMARTS) is 1. The minimum Gasteiger partial charge on any atom is -0.479 e. The zero-order chi connectivity index (χ0) is 26.1. The van der Waals surface area contributed by atoms with Crippen molar-refractivity contribution in [3.63, 3.8) is 0 Å². The summed E-state index contributed by atoms with van der Waals surface area (Å²) in [6, 6.07) is 20.9. The van der Waals surface area contributed by atoms with Crippen molar-refractivity contribution in [1.82, 2.24) is 0 Å². The summed E-state index contributed by atoms with van der Waals surface area (Å²) in [5.41, 5.74) is 3.60. The van der Waals surface area contributed by atoms with Gasteiger partial charge in [-0.25, -0.2) is 4.79 Å². The molecule has 8 nitrogen and oxygen atoms in total. The van der Waals surface area contributed by atoms with E-state index < -0.39 is 22.2 Å². The molecule has 0 radical (unpaired) electrons. The maximum atomic E-state index is 12.9. The van der Waals surface area contributed by atoms with Gasteiger partial charge in [0, 0.05) is 24.8 Å². The second-order valence-corrected chi connectivity index (χ2v) is 9.61. The van der Waals surface area contributed by atoms with E-state index in [1.807, 2.05) is 24.3 Å². The molecule has 36 heavy (non-hydrogen) atoms. The zero-order valence-corrected chi connectivity index (χ0v) is 20.7. The average molecular weight is 510 g/mol. The highest BCUT2D eigenvalue weighted by Crippen LogP contribution is 2.18. The van der Waals surface area contributed by atoms with Crippen LogP contribution < -0.4 is 9.50 Å². The maximum absolute atomic E-state index is 12.9. The molecule has 0 aliphatic heterocycles. The van der Waals surface area contributed by atoms with Crippen LogP contribution >= 0.6 is 0 Å². The number of nitrogens with one attached hydrogen (secondary N) is 1. The first kappa shape index (κ1) is 26.7. The Hall–Kier alpha value is -3.95. The minimum absolute atomic E-state index is 0.225. The number of benzene rings is 3. The van der Waals surface area contributed by atoms with Gasteiger partial charge in [-0.2, -0.15) is 8.42 Å². The molecule has 0 aliphatic carbocycles. The molecule has 1 atom stereocenters. The van der Waals surface area contributed by atoms with Crippen LogP contribution in [0, 0.1) is 0 Å². The monoisotopic (exact) mass is 509 g/mol. The number of allylic oxidation sites excluding steroid dienone is 1. The summed E-state index contributed by atoms with van der Waals surface area (Å²) in [7, 11) is -2.22. The van der Waals surface area contributed by atoms with Crippen LogP contribution in [0.4, 0.5) is 5.69 Å². The largest absolute Gasteiger partial charge is 0.479 e. The fourth-order valence-electron chi connectivity index (χ4n) is 3.46. The normalized spacial score (nSPS) is 12.3. The minimum atomic E-state index is -3.57. The summed E-state index contributed by atoms with van der Waals surface area (Å²) >= 11 is 0. The van der Waals surface area contributed by atoms with Crippen molar-refractivity contribution < 1.29 is 32.0 Å². The topological polar surface area (TPSA) is 119 Å². The van der Waals surface area contributed by atoms with Crippen LogP contribution in [0.2, 0.25) is 0 Å². The number of carboxylic acids is 1. The van der Waals surface area contributed by atoms with Crippen molar-refractivity contribution in [3.8, 4) is 5.75 Å². The van der Waals surface area contributed by atoms with Crippen molar-refractivity contribution >= 4 is 33.8 Å². The summed E-state index contributed by atoms with van der Waals surface area (Å²) in [6.07, 6.45) is 4.59. The molecule has 1 unspecified atom stereocenters. The van der Waals surface area contributed by atoms with Crippen molar-refractivity contribution in [3.05, 3.63) is 101 Å². The van der Waals surface area contributed by atoms with E-state index >= 15 is 0 Å². The Morgan fingerprint density at radius 2 is 1.67 bits per heavy atom. The molecule has 0 fully saturated rings. The maximum Gasteiger partial charge on any atom is 0.333 e. The highest BCUT2D eigenvalue weighted by Gasteiger charge is 2.17. The van der Waals surface area contributed by atoms with Crippen LogP contribution in [0.25, 0.3) is 6.08 Å². The molecule has 0 bridgehead atoms. The van der Waals surface area contributed by atoms with Gasteiger partial charge in [0.2, 0.25) is 0 Å². The summed E-state index contributed by atoms with van der Waals surface area (Å²) in [5.74, 6) is -1.04. The van der Waals surface area contributed by atoms with E-state index in [0.29, 0.717) is 17.7 Å². The van der Waals surface area contributed by atoms with E-state index in [2.05, 4.69) is 5.32 Å². The fourth-order valence-corrected chi connectivity index (χ4v) is 3.92. The number of ether oxygens (including phenoxy) is 1. The molecule has 3 aromatic rings. The number of methoxy groups -OCH3 is 1. The SMILES string of the molecule is COC(Cc1ccc(NC(=O)c2ccccc2C/C=C/c2ccc(OS(C)(=O)=O)cc2)cc1)C(=O)O. The van der Waals surface area contributed by atoms with Gasteiger partial charge in [-0.05, 0) is 53.4 Å². The Labute approximate surface area is 210 Å². The van der Waals surface area contributed by atoms with Gasteiger partial charge < -0.3 is 19.3 Å². The Morgan fingerprint density at radius 3 is 2.28 bits per heavy atom. The van der Waals surface area contributed by atoms with Crippen molar-refractivity contribution in [1.29, 1.82) is 0 Å². The van der Waals surface area contributed by atoms with Gasteiger partial charge in [-0.3, -0.25) is 4.79 Å². The summed E-state index contributed by atoms with van der Waals surface area (Å²) in [4.78, 5) is 24.1. The van der Waals surface area contributed by atoms with E-state index in [0.717, 1.165) is 22.9 Å². The third kappa shape index (κ3) is 8.07. The highest BCUT2D eigenvalue weighted by atomic mass is 32.2. The first-order chi connectivity index (χ1) is 17.1. The molecule has 3 aromatic carbocycles. The Kier molecular flexibility index (Phi) is 8.99. The summed E-state index contributed by atoms with van der Waals surface area (Å²) < 4.78 is 32.2. The van der Waals surface area contributed by atoms with Crippen LogP contribution in [0.15, 0.2) is 78.9 Å². The third-order valence-corrected chi connectivity index (χ3v) is 5.73. The van der Waals surface area contributed by atoms with E-state index in [4.69, 9.17) is 14.0 Å². The smallest absolute Gasteiger partial charge is 0.333 e. The molecule has 0 heterocycles. The van der Waals surface area contributed by atoms with Gasteiger partial charge in [0.1, 0.15) is 5.75 Å². The number of rotatable bonds is 11. The number of anilines is 1. The van der Waals surface area contributed by atoms with Crippen molar-refractivity contribution in [2.75, 3.05) is 18.7 Å². The standard InChI is InChI=1S/C27H27NO7S/c1-34-25(27(30)31)18-20-10-14-22(15-11-20)28-26(29)24-9-4-3-7-21(24)8-5-6-19-12-16-23(17-13-19)35-36(2,32)33/h3-7,9-17,25H,8,18H2,1-2H3,(H,28,29)(H,30,31)/b6-5+. The fraction of sp³-hybridized carbons (Fsp3) is 0.185. The zero-order valence-electron chi connectivity index (χ0n) is 19.9. The molecule has 0 saturated heterocycles. The van der Waals surface area contributed by atoms with Crippen LogP contribution in [0.3, 0.4) is 0 Å².